The van der Waals surface area contributed by atoms with Crippen LogP contribution >= 0.6 is 0 Å². The van der Waals surface area contributed by atoms with Crippen LogP contribution < -0.4 is 5.19 Å². The van der Waals surface area contributed by atoms with Crippen LogP contribution in [0.2, 0.25) is 19.6 Å². The maximum Gasteiger partial charge on any atom is 0.0798 e. The number of nitrogens with zero attached hydrogens (tertiary/aromatic N) is 1. The van der Waals surface area contributed by atoms with Crippen LogP contribution in [0.1, 0.15) is 5.56 Å². The second-order valence-electron chi connectivity index (χ2n) is 5.41. The monoisotopic (exact) mass is 497 g/mol. The maximum absolute atomic E-state index is 7.00. The zero-order chi connectivity index (χ0) is 16.5. The van der Waals surface area contributed by atoms with Gasteiger partial charge in [0.05, 0.1) is 8.07 Å². The number of hydrogen-bond acceptors (Lipinski definition) is 3. The Hall–Kier alpha value is -0.844. The summed E-state index contributed by atoms with van der Waals surface area (Å²) in [6.07, 6.45) is 2.05. The smallest absolute Gasteiger partial charge is 0.0798 e. The Kier molecular flexibility index (Phi) is 12.4. The number of hydrogen-bond donors (Lipinski definition) is 2. The molecule has 0 unspecified atom stereocenters. The van der Waals surface area contributed by atoms with E-state index in [-0.39, 0.29) is 20.1 Å². The van der Waals surface area contributed by atoms with E-state index < -0.39 is 8.07 Å². The molecular weight excluding hydrogens is 470 g/mol. The van der Waals surface area contributed by atoms with Crippen LogP contribution in [0.3, 0.4) is 0 Å². The van der Waals surface area contributed by atoms with Gasteiger partial charge in [-0.05, 0) is 17.8 Å². The van der Waals surface area contributed by atoms with Crippen molar-refractivity contribution >= 4 is 13.3 Å². The Bertz CT molecular complexity index is 528. The minimum absolute atomic E-state index is 0. The molecule has 5 heteroatoms. The third-order valence-corrected chi connectivity index (χ3v) is 5.04. The van der Waals surface area contributed by atoms with Crippen molar-refractivity contribution in [1.29, 1.82) is 0 Å². The van der Waals surface area contributed by atoms with Crippen molar-refractivity contribution in [2.24, 2.45) is 0 Å². The number of aliphatic hydroxyl groups excluding tert-OH is 2. The molecule has 2 rings (SSSR count). The van der Waals surface area contributed by atoms with Gasteiger partial charge >= 0.3 is 0 Å². The van der Waals surface area contributed by atoms with Crippen LogP contribution in [-0.2, 0) is 20.1 Å². The third kappa shape index (κ3) is 6.94. The first-order valence-corrected chi connectivity index (χ1v) is 10.3. The Labute approximate surface area is 148 Å². The molecule has 0 aliphatic carbocycles. The fraction of sp³-hybridized carbons (Fsp3) is 0.353. The molecule has 125 valence electrons. The number of aliphatic hydroxyl groups is 2. The van der Waals surface area contributed by atoms with Crippen molar-refractivity contribution in [1.82, 2.24) is 4.98 Å². The molecule has 3 nitrogen and oxygen atoms in total. The summed E-state index contributed by atoms with van der Waals surface area (Å²) in [5.41, 5.74) is 3.44. The zero-order valence-corrected chi connectivity index (χ0v) is 17.5. The molecule has 2 N–H and O–H groups in total. The molecule has 22 heavy (non-hydrogen) atoms. The summed E-state index contributed by atoms with van der Waals surface area (Å²) in [7, 11) is 0.726. The van der Waals surface area contributed by atoms with Crippen molar-refractivity contribution < 1.29 is 30.3 Å². The van der Waals surface area contributed by atoms with Gasteiger partial charge in [-0.15, -0.1) is 35.9 Å². The molecule has 0 aliphatic heterocycles. The first-order valence-electron chi connectivity index (χ1n) is 6.82. The number of aromatic nitrogens is 1. The molecule has 1 heterocycles. The summed E-state index contributed by atoms with van der Waals surface area (Å²) in [5.74, 6) is 0. The fourth-order valence-electron chi connectivity index (χ4n) is 2.04. The van der Waals surface area contributed by atoms with E-state index in [9.17, 15) is 0 Å². The average molecular weight is 497 g/mol. The molecule has 1 aromatic carbocycles. The summed E-state index contributed by atoms with van der Waals surface area (Å²) < 4.78 is 0. The van der Waals surface area contributed by atoms with Crippen LogP contribution in [0.5, 0.6) is 0 Å². The van der Waals surface area contributed by atoms with Gasteiger partial charge in [0.25, 0.3) is 0 Å². The molecule has 0 amide bonds. The van der Waals surface area contributed by atoms with Crippen LogP contribution in [0, 0.1) is 13.0 Å². The van der Waals surface area contributed by atoms with E-state index in [4.69, 9.17) is 10.2 Å². The van der Waals surface area contributed by atoms with E-state index in [0.29, 0.717) is 0 Å². The normalized spacial score (nSPS) is 9.45. The van der Waals surface area contributed by atoms with E-state index in [0.717, 1.165) is 25.5 Å². The van der Waals surface area contributed by atoms with Crippen molar-refractivity contribution in [2.75, 3.05) is 14.2 Å². The quantitative estimate of drug-likeness (QED) is 0.497. The Morgan fingerprint density at radius 1 is 1.05 bits per heavy atom. The van der Waals surface area contributed by atoms with Crippen molar-refractivity contribution in [3.63, 3.8) is 0 Å². The standard InChI is InChI=1S/C15H18NSi.2CH4O.Ir/c1-12-10-14(13-8-6-5-7-9-13)16-11-15(12)17(2,3)4;2*1-2;/h5-8,10-11H,1-4H3;2*2H,1H3;/q-1;;;. The van der Waals surface area contributed by atoms with Crippen LogP contribution in [0.4, 0.5) is 0 Å². The first-order chi connectivity index (χ1) is 9.98. The first kappa shape index (κ1) is 23.4. The summed E-state index contributed by atoms with van der Waals surface area (Å²) in [4.78, 5) is 4.58. The van der Waals surface area contributed by atoms with Gasteiger partial charge in [0.2, 0.25) is 0 Å². The summed E-state index contributed by atoms with van der Waals surface area (Å²) in [6, 6.07) is 13.4. The molecule has 1 radical (unpaired) electrons. The molecule has 0 spiro atoms. The predicted octanol–water partition coefficient (Wildman–Crippen LogP) is 2.62. The third-order valence-electron chi connectivity index (χ3n) is 2.90. The molecule has 0 bridgehead atoms. The summed E-state index contributed by atoms with van der Waals surface area (Å²) in [6.45, 7) is 9.24. The van der Waals surface area contributed by atoms with Gasteiger partial charge in [0.1, 0.15) is 0 Å². The second kappa shape index (κ2) is 11.7. The van der Waals surface area contributed by atoms with Gasteiger partial charge in [-0.1, -0.05) is 31.3 Å². The van der Waals surface area contributed by atoms with Crippen LogP contribution in [0.15, 0.2) is 36.5 Å². The molecule has 0 saturated carbocycles. The van der Waals surface area contributed by atoms with E-state index in [2.05, 4.69) is 55.9 Å². The molecule has 0 aliphatic rings. The van der Waals surface area contributed by atoms with Crippen molar-refractivity contribution in [2.45, 2.75) is 26.6 Å². The fourth-order valence-corrected chi connectivity index (χ4v) is 3.75. The van der Waals surface area contributed by atoms with Crippen molar-refractivity contribution in [3.05, 3.63) is 48.2 Å². The predicted molar refractivity (Wildman–Crippen MR) is 92.5 cm³/mol. The van der Waals surface area contributed by atoms with E-state index in [1.165, 1.54) is 10.8 Å². The Morgan fingerprint density at radius 2 is 1.64 bits per heavy atom. The van der Waals surface area contributed by atoms with E-state index in [1.807, 2.05) is 18.2 Å². The number of pyridine rings is 1. The second-order valence-corrected chi connectivity index (χ2v) is 10.4. The summed E-state index contributed by atoms with van der Waals surface area (Å²) in [5, 5.41) is 15.4. The van der Waals surface area contributed by atoms with Crippen LogP contribution in [0.25, 0.3) is 11.3 Å². The van der Waals surface area contributed by atoms with Gasteiger partial charge < -0.3 is 15.2 Å². The molecule has 0 fully saturated rings. The molecule has 0 saturated heterocycles. The molecule has 2 aromatic rings. The van der Waals surface area contributed by atoms with Gasteiger partial charge in [0.15, 0.2) is 0 Å². The van der Waals surface area contributed by atoms with Gasteiger partial charge in [-0.25, -0.2) is 0 Å². The SMILES string of the molecule is CO.CO.Cc1cc(-c2[c-]cccc2)ncc1[Si](C)(C)C.[Ir]. The maximum atomic E-state index is 7.00. The molecular formula is C17H26IrNO2Si-. The largest absolute Gasteiger partial charge is 0.400 e. The molecule has 0 atom stereocenters. The molecule has 1 aromatic heterocycles. The zero-order valence-electron chi connectivity index (χ0n) is 14.1. The number of benzene rings is 1. The minimum atomic E-state index is -1.27. The van der Waals surface area contributed by atoms with Gasteiger partial charge in [-0.3, -0.25) is 0 Å². The average Bonchev–Trinajstić information content (AvgIpc) is 2.51. The number of rotatable bonds is 2. The van der Waals surface area contributed by atoms with Crippen LogP contribution in [-0.4, -0.2) is 37.5 Å². The minimum Gasteiger partial charge on any atom is -0.400 e. The Morgan fingerprint density at radius 3 is 2.05 bits per heavy atom. The van der Waals surface area contributed by atoms with E-state index in [1.54, 1.807) is 0 Å². The van der Waals surface area contributed by atoms with Gasteiger partial charge in [-0.2, -0.15) is 0 Å². The summed E-state index contributed by atoms with van der Waals surface area (Å²) >= 11 is 0. The van der Waals surface area contributed by atoms with E-state index >= 15 is 0 Å². The Balaban J connectivity index is 0. The van der Waals surface area contributed by atoms with Gasteiger partial charge in [0, 0.05) is 40.5 Å². The topological polar surface area (TPSA) is 53.4 Å². The van der Waals surface area contributed by atoms with Crippen molar-refractivity contribution in [3.8, 4) is 11.3 Å². The number of aryl methyl sites for hydroxylation is 1.